The molecule has 0 aliphatic rings. The summed E-state index contributed by atoms with van der Waals surface area (Å²) >= 11 is 0. The lowest BCUT2D eigenvalue weighted by Crippen LogP contribution is -1.97. The van der Waals surface area contributed by atoms with Crippen molar-refractivity contribution in [2.75, 3.05) is 0 Å². The van der Waals surface area contributed by atoms with Gasteiger partial charge in [-0.1, -0.05) is 13.8 Å². The smallest absolute Gasteiger partial charge is 0.0571 e. The molecule has 2 heterocycles. The van der Waals surface area contributed by atoms with Crippen LogP contribution in [0.5, 0.6) is 0 Å². The van der Waals surface area contributed by atoms with Crippen molar-refractivity contribution in [1.29, 1.82) is 0 Å². The maximum atomic E-state index is 4.57. The highest BCUT2D eigenvalue weighted by molar-refractivity contribution is 5.65. The molecule has 3 nitrogen and oxygen atoms in total. The van der Waals surface area contributed by atoms with Crippen LogP contribution in [-0.4, -0.2) is 14.8 Å². The normalized spacial score (nSPS) is 11.2. The number of aryl methyl sites for hydroxylation is 2. The molecule has 0 N–H and O–H groups in total. The summed E-state index contributed by atoms with van der Waals surface area (Å²) in [6.07, 6.45) is 1.92. The number of nitrogens with zero attached hydrogens (tertiary/aromatic N) is 3. The first-order valence-electron chi connectivity index (χ1n) is 5.96. The molecule has 0 aliphatic heterocycles. The maximum absolute atomic E-state index is 4.57. The van der Waals surface area contributed by atoms with Gasteiger partial charge in [0.2, 0.25) is 0 Å². The van der Waals surface area contributed by atoms with E-state index in [9.17, 15) is 0 Å². The highest BCUT2D eigenvalue weighted by Gasteiger charge is 2.10. The fourth-order valence-electron chi connectivity index (χ4n) is 1.93. The number of pyridine rings is 1. The lowest BCUT2D eigenvalue weighted by atomic mass is 10.0. The molecule has 0 spiro atoms. The number of aromatic nitrogens is 3. The van der Waals surface area contributed by atoms with Gasteiger partial charge in [-0.15, -0.1) is 0 Å². The van der Waals surface area contributed by atoms with Gasteiger partial charge in [0.25, 0.3) is 0 Å². The van der Waals surface area contributed by atoms with Crippen LogP contribution in [0.1, 0.15) is 36.8 Å². The Hall–Kier alpha value is -1.64. The second kappa shape index (κ2) is 4.32. The summed E-state index contributed by atoms with van der Waals surface area (Å²) < 4.78 is 1.90. The second-order valence-corrected chi connectivity index (χ2v) is 4.84. The Kier molecular flexibility index (Phi) is 3.01. The van der Waals surface area contributed by atoms with Crippen molar-refractivity contribution >= 4 is 0 Å². The van der Waals surface area contributed by atoms with Crippen LogP contribution in [0.25, 0.3) is 11.1 Å². The van der Waals surface area contributed by atoms with Gasteiger partial charge in [-0.25, -0.2) is 0 Å². The lowest BCUT2D eigenvalue weighted by molar-refractivity contribution is 0.740. The highest BCUT2D eigenvalue weighted by Crippen LogP contribution is 2.26. The Balaban J connectivity index is 2.56. The second-order valence-electron chi connectivity index (χ2n) is 4.84. The zero-order chi connectivity index (χ0) is 12.6. The number of rotatable bonds is 2. The fraction of sp³-hybridized carbons (Fsp3) is 0.429. The van der Waals surface area contributed by atoms with Gasteiger partial charge >= 0.3 is 0 Å². The average Bonchev–Trinajstić information content (AvgIpc) is 2.59. The first-order valence-corrected chi connectivity index (χ1v) is 5.96. The fourth-order valence-corrected chi connectivity index (χ4v) is 1.93. The molecular formula is C14H19N3. The van der Waals surface area contributed by atoms with Crippen LogP contribution in [0.15, 0.2) is 18.3 Å². The SMILES string of the molecule is Cc1cc(-c2cnn(C)c2C)cc(C(C)C)n1. The van der Waals surface area contributed by atoms with Gasteiger partial charge in [-0.05, 0) is 37.5 Å². The molecule has 0 unspecified atom stereocenters. The molecular weight excluding hydrogens is 210 g/mol. The standard InChI is InChI=1S/C14H19N3/c1-9(2)14-7-12(6-10(3)16-14)13-8-15-17(5)11(13)4/h6-9H,1-5H3. The summed E-state index contributed by atoms with van der Waals surface area (Å²) in [5.41, 5.74) is 5.80. The molecule has 0 saturated carbocycles. The van der Waals surface area contributed by atoms with Crippen LogP contribution >= 0.6 is 0 Å². The van der Waals surface area contributed by atoms with Crippen LogP contribution in [-0.2, 0) is 7.05 Å². The monoisotopic (exact) mass is 229 g/mol. The third kappa shape index (κ3) is 2.23. The van der Waals surface area contributed by atoms with Gasteiger partial charge in [0.05, 0.1) is 6.20 Å². The van der Waals surface area contributed by atoms with Crippen molar-refractivity contribution in [2.45, 2.75) is 33.6 Å². The van der Waals surface area contributed by atoms with Gasteiger partial charge < -0.3 is 0 Å². The van der Waals surface area contributed by atoms with E-state index < -0.39 is 0 Å². The summed E-state index contributed by atoms with van der Waals surface area (Å²) in [6, 6.07) is 4.29. The molecule has 2 aromatic rings. The minimum absolute atomic E-state index is 0.450. The van der Waals surface area contributed by atoms with Gasteiger partial charge in [0.1, 0.15) is 0 Å². The van der Waals surface area contributed by atoms with Crippen LogP contribution in [0, 0.1) is 13.8 Å². The molecule has 2 aromatic heterocycles. The molecule has 90 valence electrons. The minimum Gasteiger partial charge on any atom is -0.272 e. The van der Waals surface area contributed by atoms with E-state index in [1.165, 1.54) is 16.8 Å². The summed E-state index contributed by atoms with van der Waals surface area (Å²) in [4.78, 5) is 4.57. The van der Waals surface area contributed by atoms with Crippen molar-refractivity contribution in [3.63, 3.8) is 0 Å². The molecule has 0 aromatic carbocycles. The molecule has 0 fully saturated rings. The Morgan fingerprint density at radius 3 is 2.41 bits per heavy atom. The van der Waals surface area contributed by atoms with Crippen molar-refractivity contribution in [3.05, 3.63) is 35.4 Å². The lowest BCUT2D eigenvalue weighted by Gasteiger charge is -2.09. The van der Waals surface area contributed by atoms with Crippen molar-refractivity contribution < 1.29 is 0 Å². The summed E-state index contributed by atoms with van der Waals surface area (Å²) in [6.45, 7) is 8.47. The molecule has 0 bridgehead atoms. The van der Waals surface area contributed by atoms with E-state index in [1.807, 2.05) is 24.9 Å². The topological polar surface area (TPSA) is 30.7 Å². The molecule has 0 saturated heterocycles. The highest BCUT2D eigenvalue weighted by atomic mass is 15.3. The molecule has 0 amide bonds. The summed E-state index contributed by atoms with van der Waals surface area (Å²) in [5, 5.41) is 4.29. The molecule has 17 heavy (non-hydrogen) atoms. The molecule has 0 radical (unpaired) electrons. The molecule has 0 aliphatic carbocycles. The average molecular weight is 229 g/mol. The molecule has 2 rings (SSSR count). The number of hydrogen-bond acceptors (Lipinski definition) is 2. The van der Waals surface area contributed by atoms with Gasteiger partial charge in [0, 0.05) is 29.7 Å². The van der Waals surface area contributed by atoms with Crippen molar-refractivity contribution in [1.82, 2.24) is 14.8 Å². The van der Waals surface area contributed by atoms with E-state index in [-0.39, 0.29) is 0 Å². The minimum atomic E-state index is 0.450. The molecule has 0 atom stereocenters. The molecule has 3 heteroatoms. The summed E-state index contributed by atoms with van der Waals surface area (Å²) in [7, 11) is 1.97. The Morgan fingerprint density at radius 1 is 1.18 bits per heavy atom. The van der Waals surface area contributed by atoms with Crippen LogP contribution in [0.3, 0.4) is 0 Å². The predicted molar refractivity (Wildman–Crippen MR) is 70.0 cm³/mol. The maximum Gasteiger partial charge on any atom is 0.0571 e. The van der Waals surface area contributed by atoms with Crippen molar-refractivity contribution in [2.24, 2.45) is 7.05 Å². The van der Waals surface area contributed by atoms with Crippen LogP contribution in [0.2, 0.25) is 0 Å². The van der Waals surface area contributed by atoms with Gasteiger partial charge in [-0.2, -0.15) is 5.10 Å². The van der Waals surface area contributed by atoms with E-state index in [0.717, 1.165) is 11.4 Å². The Labute approximate surface area is 103 Å². The quantitative estimate of drug-likeness (QED) is 0.791. The summed E-state index contributed by atoms with van der Waals surface area (Å²) in [5.74, 6) is 0.450. The van der Waals surface area contributed by atoms with E-state index in [1.54, 1.807) is 0 Å². The third-order valence-corrected chi connectivity index (χ3v) is 3.11. The first-order chi connectivity index (χ1) is 7.99. The van der Waals surface area contributed by atoms with E-state index in [4.69, 9.17) is 0 Å². The van der Waals surface area contributed by atoms with Crippen LogP contribution in [0.4, 0.5) is 0 Å². The van der Waals surface area contributed by atoms with E-state index >= 15 is 0 Å². The first kappa shape index (κ1) is 11.8. The zero-order valence-electron chi connectivity index (χ0n) is 11.2. The largest absolute Gasteiger partial charge is 0.272 e. The third-order valence-electron chi connectivity index (χ3n) is 3.11. The predicted octanol–water partition coefficient (Wildman–Crippen LogP) is 3.22. The van der Waals surface area contributed by atoms with Gasteiger partial charge in [-0.3, -0.25) is 9.67 Å². The number of hydrogen-bond donors (Lipinski definition) is 0. The van der Waals surface area contributed by atoms with E-state index in [0.29, 0.717) is 5.92 Å². The zero-order valence-corrected chi connectivity index (χ0v) is 11.2. The van der Waals surface area contributed by atoms with Gasteiger partial charge in [0.15, 0.2) is 0 Å². The van der Waals surface area contributed by atoms with E-state index in [2.05, 4.69) is 43.0 Å². The van der Waals surface area contributed by atoms with Crippen molar-refractivity contribution in [3.8, 4) is 11.1 Å². The Bertz CT molecular complexity index is 538. The Morgan fingerprint density at radius 2 is 1.88 bits per heavy atom. The van der Waals surface area contributed by atoms with Crippen LogP contribution < -0.4 is 0 Å².